The summed E-state index contributed by atoms with van der Waals surface area (Å²) in [5, 5.41) is 7.62. The summed E-state index contributed by atoms with van der Waals surface area (Å²) in [5.41, 5.74) is 0.598. The lowest BCUT2D eigenvalue weighted by atomic mass is 10.2. The molecule has 0 aliphatic carbocycles. The largest absolute Gasteiger partial charge is 0.418 e. The fourth-order valence-electron chi connectivity index (χ4n) is 4.13. The van der Waals surface area contributed by atoms with Crippen LogP contribution in [0.15, 0.2) is 89.9 Å². The number of alkyl halides is 3. The number of aliphatic imine (C=N–C) groups is 1. The number of halogens is 3. The summed E-state index contributed by atoms with van der Waals surface area (Å²) in [6, 6.07) is 23.3. The van der Waals surface area contributed by atoms with Gasteiger partial charge in [-0.1, -0.05) is 60.7 Å². The lowest BCUT2D eigenvalue weighted by molar-refractivity contribution is -0.136. The highest BCUT2D eigenvalue weighted by Crippen LogP contribution is 2.55. The Morgan fingerprint density at radius 1 is 0.886 bits per heavy atom. The number of nitrogens with zero attached hydrogens (tertiary/aromatic N) is 4. The molecule has 178 valence electrons. The summed E-state index contributed by atoms with van der Waals surface area (Å²) in [4.78, 5) is 4.81. The quantitative estimate of drug-likeness (QED) is 0.345. The molecule has 1 N–H and O–H groups in total. The molecule has 0 saturated heterocycles. The number of amidine groups is 1. The second-order valence-electron chi connectivity index (χ2n) is 8.06. The maximum absolute atomic E-state index is 14.8. The monoisotopic (exact) mass is 495 g/mol. The van der Waals surface area contributed by atoms with Gasteiger partial charge in [0.1, 0.15) is 11.1 Å². The van der Waals surface area contributed by atoms with E-state index in [4.69, 9.17) is 4.99 Å². The molecule has 3 aromatic carbocycles. The molecule has 0 radical (unpaired) electrons. The first-order valence-corrected chi connectivity index (χ1v) is 12.4. The Morgan fingerprint density at radius 3 is 2.14 bits per heavy atom. The third kappa shape index (κ3) is 3.91. The van der Waals surface area contributed by atoms with Crippen LogP contribution < -0.4 is 10.4 Å². The van der Waals surface area contributed by atoms with Gasteiger partial charge in [-0.05, 0) is 31.2 Å². The van der Waals surface area contributed by atoms with E-state index in [-0.39, 0.29) is 11.0 Å². The van der Waals surface area contributed by atoms with E-state index in [1.54, 1.807) is 18.7 Å². The van der Waals surface area contributed by atoms with Crippen LogP contribution >= 0.6 is 7.44 Å². The topological polar surface area (TPSA) is 62.5 Å². The second-order valence-corrected chi connectivity index (χ2v) is 10.5. The van der Waals surface area contributed by atoms with Gasteiger partial charge in [-0.25, -0.2) is 9.67 Å². The lowest BCUT2D eigenvalue weighted by Crippen LogP contribution is -2.36. The van der Waals surface area contributed by atoms with Crippen LogP contribution in [0.5, 0.6) is 0 Å². The number of anilines is 1. The zero-order chi connectivity index (χ0) is 24.8. The molecule has 0 amide bonds. The van der Waals surface area contributed by atoms with Crippen molar-refractivity contribution < 1.29 is 17.7 Å². The van der Waals surface area contributed by atoms with Crippen LogP contribution in [0.4, 0.5) is 24.7 Å². The molecule has 10 heteroatoms. The van der Waals surface area contributed by atoms with Crippen molar-refractivity contribution in [3.63, 3.8) is 0 Å². The minimum atomic E-state index is -4.63. The van der Waals surface area contributed by atoms with Crippen LogP contribution in [0.3, 0.4) is 0 Å². The summed E-state index contributed by atoms with van der Waals surface area (Å²) in [6.07, 6.45) is -4.63. The Bertz CT molecular complexity index is 1470. The zero-order valence-electron chi connectivity index (χ0n) is 18.9. The predicted molar refractivity (Wildman–Crippen MR) is 131 cm³/mol. The first-order valence-electron chi connectivity index (χ1n) is 10.8. The van der Waals surface area contributed by atoms with Crippen molar-refractivity contribution in [3.05, 3.63) is 102 Å². The van der Waals surface area contributed by atoms with Gasteiger partial charge in [-0.2, -0.15) is 18.3 Å². The van der Waals surface area contributed by atoms with E-state index < -0.39 is 19.2 Å². The van der Waals surface area contributed by atoms with Crippen LogP contribution in [0.25, 0.3) is 5.69 Å². The van der Waals surface area contributed by atoms with Crippen molar-refractivity contribution in [1.82, 2.24) is 14.5 Å². The first kappa shape index (κ1) is 22.9. The van der Waals surface area contributed by atoms with Gasteiger partial charge < -0.3 is 5.09 Å². The standard InChI is InChI=1S/C25H21F3N5OP/c1-17-22-24(33(30-17)19-13-7-4-8-14-19)29-23(18-11-5-3-6-12-18)32(2)35(22,34)31-21-16-10-9-15-20(21)25(26,27)28/h3-16H,1-2H3,(H,31,34)/t35-/m1/s1. The molecule has 0 spiro atoms. The fraction of sp³-hybridized carbons (Fsp3) is 0.120. The highest BCUT2D eigenvalue weighted by molar-refractivity contribution is 7.72. The number of para-hydroxylation sites is 2. The number of fused-ring (bicyclic) bond motifs is 1. The first-order chi connectivity index (χ1) is 16.7. The van der Waals surface area contributed by atoms with Gasteiger partial charge in [-0.3, -0.25) is 9.24 Å². The smallest absolute Gasteiger partial charge is 0.316 e. The minimum Gasteiger partial charge on any atom is -0.316 e. The van der Waals surface area contributed by atoms with Crippen LogP contribution in [0.2, 0.25) is 0 Å². The van der Waals surface area contributed by atoms with Crippen LogP contribution in [0, 0.1) is 6.92 Å². The molecule has 6 nitrogen and oxygen atoms in total. The molecule has 0 unspecified atom stereocenters. The summed E-state index contributed by atoms with van der Waals surface area (Å²) < 4.78 is 59.2. The maximum atomic E-state index is 14.8. The summed E-state index contributed by atoms with van der Waals surface area (Å²) in [5.74, 6) is 0.668. The molecule has 0 fully saturated rings. The van der Waals surface area contributed by atoms with E-state index in [1.165, 1.54) is 22.9 Å². The Balaban J connectivity index is 1.76. The molecule has 0 saturated carbocycles. The summed E-state index contributed by atoms with van der Waals surface area (Å²) >= 11 is 0. The number of aryl methyl sites for hydroxylation is 1. The molecule has 1 aliphatic heterocycles. The Hall–Kier alpha value is -3.84. The highest BCUT2D eigenvalue weighted by Gasteiger charge is 2.45. The Morgan fingerprint density at radius 2 is 1.49 bits per heavy atom. The zero-order valence-corrected chi connectivity index (χ0v) is 19.8. The highest BCUT2D eigenvalue weighted by atomic mass is 31.2. The average Bonchev–Trinajstić information content (AvgIpc) is 3.19. The van der Waals surface area contributed by atoms with Crippen molar-refractivity contribution in [2.45, 2.75) is 13.1 Å². The number of hydrogen-bond donors (Lipinski definition) is 1. The minimum absolute atomic E-state index is 0.264. The Labute approximate surface area is 200 Å². The van der Waals surface area contributed by atoms with Crippen LogP contribution in [0.1, 0.15) is 16.8 Å². The van der Waals surface area contributed by atoms with Crippen molar-refractivity contribution in [2.24, 2.45) is 4.99 Å². The molecule has 2 heterocycles. The molecule has 1 aromatic heterocycles. The van der Waals surface area contributed by atoms with Crippen molar-refractivity contribution in [1.29, 1.82) is 0 Å². The van der Waals surface area contributed by atoms with Crippen molar-refractivity contribution in [2.75, 3.05) is 12.1 Å². The van der Waals surface area contributed by atoms with Crippen LogP contribution in [-0.4, -0.2) is 27.3 Å². The normalized spacial score (nSPS) is 17.6. The molecule has 1 atom stereocenters. The molecule has 5 rings (SSSR count). The van der Waals surface area contributed by atoms with Gasteiger partial charge in [0.05, 0.1) is 22.6 Å². The molecular formula is C25H21F3N5OP. The van der Waals surface area contributed by atoms with E-state index in [2.05, 4.69) is 10.2 Å². The molecule has 4 aromatic rings. The SMILES string of the molecule is Cc1nn(-c2ccccc2)c2c1[P@@](=O)(Nc1ccccc1C(F)(F)F)N(C)C(c1ccccc1)=N2. The second kappa shape index (κ2) is 8.43. The lowest BCUT2D eigenvalue weighted by Gasteiger charge is -2.35. The fourth-order valence-corrected chi connectivity index (χ4v) is 6.54. The summed E-state index contributed by atoms with van der Waals surface area (Å²) in [7, 11) is -2.33. The number of hydrogen-bond acceptors (Lipinski definition) is 3. The average molecular weight is 495 g/mol. The molecule has 1 aliphatic rings. The van der Waals surface area contributed by atoms with Gasteiger partial charge in [-0.15, -0.1) is 0 Å². The molecule has 35 heavy (non-hydrogen) atoms. The Kier molecular flexibility index (Phi) is 5.52. The van der Waals surface area contributed by atoms with E-state index >= 15 is 0 Å². The van der Waals surface area contributed by atoms with E-state index in [0.717, 1.165) is 6.07 Å². The van der Waals surface area contributed by atoms with Crippen LogP contribution in [-0.2, 0) is 10.7 Å². The van der Waals surface area contributed by atoms with Gasteiger partial charge in [0.25, 0.3) is 7.44 Å². The number of benzene rings is 3. The number of aromatic nitrogens is 2. The van der Waals surface area contributed by atoms with E-state index in [9.17, 15) is 17.7 Å². The summed E-state index contributed by atoms with van der Waals surface area (Å²) in [6.45, 7) is 1.68. The van der Waals surface area contributed by atoms with Gasteiger partial charge in [0.2, 0.25) is 0 Å². The van der Waals surface area contributed by atoms with Gasteiger partial charge in [0, 0.05) is 12.6 Å². The van der Waals surface area contributed by atoms with E-state index in [0.29, 0.717) is 28.6 Å². The number of nitrogens with one attached hydrogen (secondary N) is 1. The molecular weight excluding hydrogens is 474 g/mol. The maximum Gasteiger partial charge on any atom is 0.418 e. The van der Waals surface area contributed by atoms with Gasteiger partial charge >= 0.3 is 6.18 Å². The van der Waals surface area contributed by atoms with Crippen molar-refractivity contribution >= 4 is 30.1 Å². The third-order valence-corrected chi connectivity index (χ3v) is 8.49. The molecule has 0 bridgehead atoms. The third-order valence-electron chi connectivity index (χ3n) is 5.79. The van der Waals surface area contributed by atoms with Gasteiger partial charge in [0.15, 0.2) is 5.82 Å². The number of rotatable bonds is 4. The van der Waals surface area contributed by atoms with Crippen molar-refractivity contribution in [3.8, 4) is 5.69 Å². The van der Waals surface area contributed by atoms with E-state index in [1.807, 2.05) is 60.7 Å². The predicted octanol–water partition coefficient (Wildman–Crippen LogP) is 6.15.